The van der Waals surface area contributed by atoms with Crippen LogP contribution in [0.3, 0.4) is 0 Å². The summed E-state index contributed by atoms with van der Waals surface area (Å²) < 4.78 is 7.47. The summed E-state index contributed by atoms with van der Waals surface area (Å²) in [5.41, 5.74) is 3.02. The number of imidazole rings is 1. The van der Waals surface area contributed by atoms with Gasteiger partial charge in [-0.15, -0.1) is 0 Å². The number of nitrogens with zero attached hydrogens (tertiary/aromatic N) is 3. The fourth-order valence-corrected chi connectivity index (χ4v) is 1.93. The average molecular weight is 253 g/mol. The molecule has 0 bridgehead atoms. The molecule has 0 aliphatic heterocycles. The first kappa shape index (κ1) is 11.7. The maximum absolute atomic E-state index is 5.72. The Labute approximate surface area is 111 Å². The van der Waals surface area contributed by atoms with E-state index in [2.05, 4.69) is 29.1 Å². The fraction of sp³-hybridized carbons (Fsp3) is 0.200. The molecule has 0 amide bonds. The molecule has 0 atom stereocenters. The van der Waals surface area contributed by atoms with Gasteiger partial charge in [-0.1, -0.05) is 19.1 Å². The van der Waals surface area contributed by atoms with E-state index in [-0.39, 0.29) is 0 Å². The molecule has 19 heavy (non-hydrogen) atoms. The van der Waals surface area contributed by atoms with E-state index in [1.54, 1.807) is 10.7 Å². The second-order valence-corrected chi connectivity index (χ2v) is 4.34. The molecule has 96 valence electrons. The highest BCUT2D eigenvalue weighted by molar-refractivity contribution is 5.37. The van der Waals surface area contributed by atoms with E-state index in [1.807, 2.05) is 30.5 Å². The molecule has 1 aromatic carbocycles. The second kappa shape index (κ2) is 5.10. The van der Waals surface area contributed by atoms with Gasteiger partial charge in [-0.2, -0.15) is 5.10 Å². The van der Waals surface area contributed by atoms with Gasteiger partial charge in [-0.05, 0) is 36.2 Å². The van der Waals surface area contributed by atoms with Gasteiger partial charge in [-0.25, -0.2) is 9.50 Å². The monoisotopic (exact) mass is 253 g/mol. The summed E-state index contributed by atoms with van der Waals surface area (Å²) >= 11 is 0. The predicted octanol–water partition coefficient (Wildman–Crippen LogP) is 2.87. The maximum atomic E-state index is 5.72. The number of benzene rings is 1. The Morgan fingerprint density at radius 1 is 1.16 bits per heavy atom. The topological polar surface area (TPSA) is 39.4 Å². The Kier molecular flexibility index (Phi) is 3.14. The highest BCUT2D eigenvalue weighted by Gasteiger charge is 2.02. The molecule has 4 nitrogen and oxygen atoms in total. The predicted molar refractivity (Wildman–Crippen MR) is 73.1 cm³/mol. The molecule has 0 aliphatic carbocycles. The van der Waals surface area contributed by atoms with Crippen LogP contribution in [0.1, 0.15) is 18.2 Å². The van der Waals surface area contributed by atoms with Crippen LogP contribution >= 0.6 is 0 Å². The third-order valence-corrected chi connectivity index (χ3v) is 3.00. The molecular weight excluding hydrogens is 238 g/mol. The summed E-state index contributed by atoms with van der Waals surface area (Å²) in [6.07, 6.45) is 4.66. The van der Waals surface area contributed by atoms with Gasteiger partial charge in [0.2, 0.25) is 0 Å². The van der Waals surface area contributed by atoms with E-state index in [0.717, 1.165) is 23.5 Å². The van der Waals surface area contributed by atoms with Gasteiger partial charge < -0.3 is 4.74 Å². The van der Waals surface area contributed by atoms with Gasteiger partial charge in [0.1, 0.15) is 12.4 Å². The molecule has 0 unspecified atom stereocenters. The second-order valence-electron chi connectivity index (χ2n) is 4.34. The van der Waals surface area contributed by atoms with Gasteiger partial charge in [0, 0.05) is 6.20 Å². The summed E-state index contributed by atoms with van der Waals surface area (Å²) in [4.78, 5) is 4.44. The lowest BCUT2D eigenvalue weighted by Crippen LogP contribution is -1.95. The van der Waals surface area contributed by atoms with E-state index in [1.165, 1.54) is 5.56 Å². The Bertz CT molecular complexity index is 640. The minimum absolute atomic E-state index is 0.453. The van der Waals surface area contributed by atoms with Crippen LogP contribution in [0.25, 0.3) is 5.65 Å². The summed E-state index contributed by atoms with van der Waals surface area (Å²) in [5, 5.41) is 4.18. The molecule has 0 aliphatic rings. The fourth-order valence-electron chi connectivity index (χ4n) is 1.93. The highest BCUT2D eigenvalue weighted by Crippen LogP contribution is 2.14. The lowest BCUT2D eigenvalue weighted by Gasteiger charge is -2.04. The Hall–Kier alpha value is -2.36. The molecule has 0 spiro atoms. The van der Waals surface area contributed by atoms with Gasteiger partial charge in [0.25, 0.3) is 0 Å². The number of fused-ring (bicyclic) bond motifs is 1. The number of hydrogen-bond acceptors (Lipinski definition) is 3. The van der Waals surface area contributed by atoms with Gasteiger partial charge in [-0.3, -0.25) is 0 Å². The number of aryl methyl sites for hydroxylation is 1. The van der Waals surface area contributed by atoms with Crippen molar-refractivity contribution >= 4 is 5.65 Å². The van der Waals surface area contributed by atoms with Gasteiger partial charge >= 0.3 is 0 Å². The van der Waals surface area contributed by atoms with Crippen LogP contribution in [0.5, 0.6) is 5.75 Å². The molecule has 0 radical (unpaired) electrons. The molecule has 3 rings (SSSR count). The first-order valence-electron chi connectivity index (χ1n) is 6.36. The van der Waals surface area contributed by atoms with Gasteiger partial charge in [0.05, 0.1) is 11.9 Å². The van der Waals surface area contributed by atoms with Crippen molar-refractivity contribution in [3.8, 4) is 5.75 Å². The van der Waals surface area contributed by atoms with Crippen LogP contribution in [0, 0.1) is 0 Å². The third-order valence-electron chi connectivity index (χ3n) is 3.00. The zero-order chi connectivity index (χ0) is 13.1. The number of hydrogen-bond donors (Lipinski definition) is 0. The van der Waals surface area contributed by atoms with E-state index >= 15 is 0 Å². The van der Waals surface area contributed by atoms with Crippen LogP contribution in [0.2, 0.25) is 0 Å². The molecule has 0 N–H and O–H groups in total. The quantitative estimate of drug-likeness (QED) is 0.717. The molecule has 3 aromatic rings. The number of ether oxygens (including phenoxy) is 1. The van der Waals surface area contributed by atoms with Crippen molar-refractivity contribution in [1.29, 1.82) is 0 Å². The van der Waals surface area contributed by atoms with E-state index in [4.69, 9.17) is 4.74 Å². The van der Waals surface area contributed by atoms with Crippen molar-refractivity contribution in [3.63, 3.8) is 0 Å². The largest absolute Gasteiger partial charge is 0.487 e. The molecule has 0 fully saturated rings. The van der Waals surface area contributed by atoms with E-state index < -0.39 is 0 Å². The average Bonchev–Trinajstić information content (AvgIpc) is 2.88. The van der Waals surface area contributed by atoms with E-state index in [9.17, 15) is 0 Å². The Morgan fingerprint density at radius 3 is 2.74 bits per heavy atom. The zero-order valence-corrected chi connectivity index (χ0v) is 10.8. The van der Waals surface area contributed by atoms with Crippen LogP contribution in [0.15, 0.2) is 48.8 Å². The Morgan fingerprint density at radius 2 is 2.00 bits per heavy atom. The summed E-state index contributed by atoms with van der Waals surface area (Å²) in [5.74, 6) is 0.863. The molecule has 4 heteroatoms. The maximum Gasteiger partial charge on any atom is 0.153 e. The number of aromatic nitrogens is 3. The van der Waals surface area contributed by atoms with Crippen LogP contribution < -0.4 is 4.74 Å². The van der Waals surface area contributed by atoms with Crippen LogP contribution in [0.4, 0.5) is 0 Å². The standard InChI is InChI=1S/C15H15N3O/c1-2-12-5-7-14(8-6-12)19-11-13-10-18-15(17-13)4-3-9-16-18/h3-10H,2,11H2,1H3. The first-order valence-corrected chi connectivity index (χ1v) is 6.36. The zero-order valence-electron chi connectivity index (χ0n) is 10.8. The van der Waals surface area contributed by atoms with Crippen molar-refractivity contribution in [3.05, 3.63) is 60.0 Å². The lowest BCUT2D eigenvalue weighted by molar-refractivity contribution is 0.302. The van der Waals surface area contributed by atoms with Crippen molar-refractivity contribution in [2.45, 2.75) is 20.0 Å². The third kappa shape index (κ3) is 2.57. The highest BCUT2D eigenvalue weighted by atomic mass is 16.5. The molecular formula is C15H15N3O. The van der Waals surface area contributed by atoms with Crippen LogP contribution in [-0.4, -0.2) is 14.6 Å². The smallest absolute Gasteiger partial charge is 0.153 e. The first-order chi connectivity index (χ1) is 9.35. The van der Waals surface area contributed by atoms with E-state index in [0.29, 0.717) is 6.61 Å². The molecule has 2 aromatic heterocycles. The van der Waals surface area contributed by atoms with Crippen molar-refractivity contribution in [1.82, 2.24) is 14.6 Å². The Balaban J connectivity index is 1.70. The lowest BCUT2D eigenvalue weighted by atomic mass is 10.2. The minimum atomic E-state index is 0.453. The normalized spacial score (nSPS) is 10.8. The SMILES string of the molecule is CCc1ccc(OCc2cn3ncccc3n2)cc1. The minimum Gasteiger partial charge on any atom is -0.487 e. The van der Waals surface area contributed by atoms with Gasteiger partial charge in [0.15, 0.2) is 5.65 Å². The van der Waals surface area contributed by atoms with Crippen LogP contribution in [-0.2, 0) is 13.0 Å². The summed E-state index contributed by atoms with van der Waals surface area (Å²) in [7, 11) is 0. The van der Waals surface area contributed by atoms with Crippen molar-refractivity contribution in [2.24, 2.45) is 0 Å². The van der Waals surface area contributed by atoms with Crippen molar-refractivity contribution < 1.29 is 4.74 Å². The molecule has 0 saturated heterocycles. The summed E-state index contributed by atoms with van der Waals surface area (Å²) in [6.45, 7) is 2.59. The molecule has 2 heterocycles. The number of rotatable bonds is 4. The summed E-state index contributed by atoms with van der Waals surface area (Å²) in [6, 6.07) is 11.9. The van der Waals surface area contributed by atoms with Crippen molar-refractivity contribution in [2.75, 3.05) is 0 Å². The molecule has 0 saturated carbocycles.